The molecule has 30 heavy (non-hydrogen) atoms. The van der Waals surface area contributed by atoms with Crippen molar-refractivity contribution in [1.82, 2.24) is 5.32 Å². The first kappa shape index (κ1) is 19.0. The third-order valence-electron chi connectivity index (χ3n) is 6.42. The summed E-state index contributed by atoms with van der Waals surface area (Å²) in [6.45, 7) is 3.75. The number of nitrogens with zero attached hydrogens (tertiary/aromatic N) is 1. The highest BCUT2D eigenvalue weighted by atomic mass is 16.6. The fourth-order valence-corrected chi connectivity index (χ4v) is 4.55. The standard InChI is InChI=1S/C24H26N2O4/c1-15-13-19(15)22(16-5-3-2-4-6-16)25-23(27)18-9-10-26(24(18)28)17-7-8-20-21(14-17)30-12-11-29-20/h2-8,14-15,18-19,22H,9-13H2,1H3,(H,25,27). The van der Waals surface area contributed by atoms with Crippen LogP contribution in [-0.4, -0.2) is 31.6 Å². The second-order valence-electron chi connectivity index (χ2n) is 8.43. The Kier molecular flexibility index (Phi) is 4.85. The Morgan fingerprint density at radius 1 is 1.10 bits per heavy atom. The molecule has 0 radical (unpaired) electrons. The predicted octanol–water partition coefficient (Wildman–Crippen LogP) is 3.32. The molecule has 1 saturated heterocycles. The molecule has 1 N–H and O–H groups in total. The Labute approximate surface area is 176 Å². The minimum atomic E-state index is -0.654. The van der Waals surface area contributed by atoms with Crippen molar-refractivity contribution in [2.45, 2.75) is 25.8 Å². The van der Waals surface area contributed by atoms with Gasteiger partial charge in [0.1, 0.15) is 19.1 Å². The fourth-order valence-electron chi connectivity index (χ4n) is 4.55. The Bertz CT molecular complexity index is 961. The molecule has 1 saturated carbocycles. The predicted molar refractivity (Wildman–Crippen MR) is 112 cm³/mol. The number of anilines is 1. The summed E-state index contributed by atoms with van der Waals surface area (Å²) in [5.74, 6) is 1.37. The summed E-state index contributed by atoms with van der Waals surface area (Å²) < 4.78 is 11.2. The average molecular weight is 406 g/mol. The van der Waals surface area contributed by atoms with Crippen LogP contribution in [0.3, 0.4) is 0 Å². The molecule has 3 aliphatic rings. The first-order valence-electron chi connectivity index (χ1n) is 10.7. The molecule has 4 unspecified atom stereocenters. The van der Waals surface area contributed by atoms with Crippen LogP contribution in [0.25, 0.3) is 0 Å². The summed E-state index contributed by atoms with van der Waals surface area (Å²) in [6.07, 6.45) is 1.61. The van der Waals surface area contributed by atoms with Gasteiger partial charge in [-0.1, -0.05) is 37.3 Å². The van der Waals surface area contributed by atoms with Crippen LogP contribution >= 0.6 is 0 Å². The second-order valence-corrected chi connectivity index (χ2v) is 8.43. The van der Waals surface area contributed by atoms with E-state index in [4.69, 9.17) is 9.47 Å². The molecule has 2 aromatic carbocycles. The summed E-state index contributed by atoms with van der Waals surface area (Å²) in [7, 11) is 0. The van der Waals surface area contributed by atoms with E-state index >= 15 is 0 Å². The largest absolute Gasteiger partial charge is 0.486 e. The van der Waals surface area contributed by atoms with Crippen molar-refractivity contribution >= 4 is 17.5 Å². The van der Waals surface area contributed by atoms with Gasteiger partial charge in [0.25, 0.3) is 0 Å². The lowest BCUT2D eigenvalue weighted by Crippen LogP contribution is -2.39. The minimum Gasteiger partial charge on any atom is -0.486 e. The molecule has 2 fully saturated rings. The van der Waals surface area contributed by atoms with Crippen LogP contribution in [0.4, 0.5) is 5.69 Å². The van der Waals surface area contributed by atoms with Gasteiger partial charge < -0.3 is 19.7 Å². The van der Waals surface area contributed by atoms with Gasteiger partial charge in [-0.05, 0) is 42.4 Å². The molecule has 0 bridgehead atoms. The van der Waals surface area contributed by atoms with Gasteiger partial charge in [0.15, 0.2) is 11.5 Å². The highest BCUT2D eigenvalue weighted by Gasteiger charge is 2.44. The maximum Gasteiger partial charge on any atom is 0.239 e. The van der Waals surface area contributed by atoms with Crippen LogP contribution in [0.2, 0.25) is 0 Å². The Morgan fingerprint density at radius 2 is 1.83 bits per heavy atom. The fraction of sp³-hybridized carbons (Fsp3) is 0.417. The highest BCUT2D eigenvalue weighted by molar-refractivity contribution is 6.09. The topological polar surface area (TPSA) is 67.9 Å². The van der Waals surface area contributed by atoms with Gasteiger partial charge in [-0.15, -0.1) is 0 Å². The van der Waals surface area contributed by atoms with E-state index < -0.39 is 5.92 Å². The first-order valence-corrected chi connectivity index (χ1v) is 10.7. The Morgan fingerprint density at radius 3 is 2.57 bits per heavy atom. The van der Waals surface area contributed by atoms with Gasteiger partial charge in [0, 0.05) is 18.3 Å². The van der Waals surface area contributed by atoms with Crippen molar-refractivity contribution in [3.63, 3.8) is 0 Å². The molecule has 5 rings (SSSR count). The second kappa shape index (κ2) is 7.67. The van der Waals surface area contributed by atoms with Gasteiger partial charge in [0.2, 0.25) is 11.8 Å². The monoisotopic (exact) mass is 406 g/mol. The summed E-state index contributed by atoms with van der Waals surface area (Å²) >= 11 is 0. The van der Waals surface area contributed by atoms with E-state index in [-0.39, 0.29) is 17.9 Å². The van der Waals surface area contributed by atoms with Crippen LogP contribution in [0, 0.1) is 17.8 Å². The van der Waals surface area contributed by atoms with E-state index in [2.05, 4.69) is 12.2 Å². The quantitative estimate of drug-likeness (QED) is 0.774. The number of amides is 2. The summed E-state index contributed by atoms with van der Waals surface area (Å²) in [5, 5.41) is 3.19. The zero-order valence-corrected chi connectivity index (χ0v) is 17.0. The van der Waals surface area contributed by atoms with Gasteiger partial charge in [-0.2, -0.15) is 0 Å². The highest BCUT2D eigenvalue weighted by Crippen LogP contribution is 2.47. The third-order valence-corrected chi connectivity index (χ3v) is 6.42. The molecule has 0 aromatic heterocycles. The van der Waals surface area contributed by atoms with Gasteiger partial charge in [-0.25, -0.2) is 0 Å². The van der Waals surface area contributed by atoms with Crippen molar-refractivity contribution < 1.29 is 19.1 Å². The van der Waals surface area contributed by atoms with Gasteiger partial charge >= 0.3 is 0 Å². The number of hydrogen-bond donors (Lipinski definition) is 1. The molecule has 4 atom stereocenters. The molecule has 6 nitrogen and oxygen atoms in total. The van der Waals surface area contributed by atoms with Gasteiger partial charge in [-0.3, -0.25) is 9.59 Å². The van der Waals surface area contributed by atoms with Crippen LogP contribution < -0.4 is 19.7 Å². The normalized spacial score (nSPS) is 25.7. The van der Waals surface area contributed by atoms with Crippen LogP contribution in [0.1, 0.15) is 31.4 Å². The number of rotatable bonds is 5. The Balaban J connectivity index is 1.30. The zero-order chi connectivity index (χ0) is 20.7. The van der Waals surface area contributed by atoms with Crippen LogP contribution in [0.5, 0.6) is 11.5 Å². The molecule has 2 amide bonds. The molecule has 2 aliphatic heterocycles. The number of carbonyl (C=O) groups excluding carboxylic acids is 2. The van der Waals surface area contributed by atoms with E-state index in [1.54, 1.807) is 4.90 Å². The van der Waals surface area contributed by atoms with Crippen molar-refractivity contribution in [3.8, 4) is 11.5 Å². The zero-order valence-electron chi connectivity index (χ0n) is 17.0. The van der Waals surface area contributed by atoms with E-state index in [1.807, 2.05) is 48.5 Å². The van der Waals surface area contributed by atoms with E-state index in [0.29, 0.717) is 49.5 Å². The lowest BCUT2D eigenvalue weighted by atomic mass is 9.99. The van der Waals surface area contributed by atoms with Crippen LogP contribution in [0.15, 0.2) is 48.5 Å². The number of fused-ring (bicyclic) bond motifs is 1. The van der Waals surface area contributed by atoms with Crippen molar-refractivity contribution in [2.75, 3.05) is 24.7 Å². The van der Waals surface area contributed by atoms with Crippen molar-refractivity contribution in [3.05, 3.63) is 54.1 Å². The smallest absolute Gasteiger partial charge is 0.239 e. The third kappa shape index (κ3) is 3.51. The molecule has 156 valence electrons. The minimum absolute atomic E-state index is 0.0372. The first-order chi connectivity index (χ1) is 14.6. The van der Waals surface area contributed by atoms with E-state index in [9.17, 15) is 9.59 Å². The molecule has 1 aliphatic carbocycles. The van der Waals surface area contributed by atoms with Crippen LogP contribution in [-0.2, 0) is 9.59 Å². The number of carbonyl (C=O) groups is 2. The average Bonchev–Trinajstić information content (AvgIpc) is 3.37. The lowest BCUT2D eigenvalue weighted by Gasteiger charge is -2.23. The summed E-state index contributed by atoms with van der Waals surface area (Å²) in [5.41, 5.74) is 1.85. The van der Waals surface area contributed by atoms with Crippen molar-refractivity contribution in [1.29, 1.82) is 0 Å². The maximum absolute atomic E-state index is 13.1. The molecule has 0 spiro atoms. The Hall–Kier alpha value is -3.02. The number of benzene rings is 2. The lowest BCUT2D eigenvalue weighted by molar-refractivity contribution is -0.132. The number of hydrogen-bond acceptors (Lipinski definition) is 4. The maximum atomic E-state index is 13.1. The number of ether oxygens (including phenoxy) is 2. The summed E-state index contributed by atoms with van der Waals surface area (Å²) in [6, 6.07) is 15.5. The molecule has 2 heterocycles. The molecular formula is C24H26N2O4. The molecule has 6 heteroatoms. The molecule has 2 aromatic rings. The number of nitrogens with one attached hydrogen (secondary N) is 1. The van der Waals surface area contributed by atoms with E-state index in [1.165, 1.54) is 0 Å². The van der Waals surface area contributed by atoms with Gasteiger partial charge in [0.05, 0.1) is 6.04 Å². The van der Waals surface area contributed by atoms with Crippen molar-refractivity contribution in [2.24, 2.45) is 17.8 Å². The van der Waals surface area contributed by atoms with E-state index in [0.717, 1.165) is 17.7 Å². The SMILES string of the molecule is CC1CC1C(NC(=O)C1CCN(c2ccc3c(c2)OCCO3)C1=O)c1ccccc1. The molecular weight excluding hydrogens is 380 g/mol. The summed E-state index contributed by atoms with van der Waals surface area (Å²) in [4.78, 5) is 27.8.